The van der Waals surface area contributed by atoms with Crippen LogP contribution in [0.2, 0.25) is 0 Å². The Balaban J connectivity index is 1.42. The van der Waals surface area contributed by atoms with Gasteiger partial charge < -0.3 is 9.64 Å². The topological polar surface area (TPSA) is 63.7 Å². The minimum absolute atomic E-state index is 0.0383. The number of benzene rings is 2. The zero-order valence-corrected chi connectivity index (χ0v) is 17.8. The number of hydrogen-bond acceptors (Lipinski definition) is 5. The molecule has 2 atom stereocenters. The van der Waals surface area contributed by atoms with Crippen LogP contribution in [-0.2, 0) is 25.6 Å². The van der Waals surface area contributed by atoms with Gasteiger partial charge in [-0.2, -0.15) is 0 Å². The molecule has 0 bridgehead atoms. The molecule has 2 aromatic carbocycles. The average Bonchev–Trinajstić information content (AvgIpc) is 3.32. The first kappa shape index (κ1) is 20.7. The zero-order valence-electron chi connectivity index (χ0n) is 17.0. The van der Waals surface area contributed by atoms with E-state index in [1.807, 2.05) is 42.5 Å². The van der Waals surface area contributed by atoms with Crippen LogP contribution >= 0.6 is 11.8 Å². The van der Waals surface area contributed by atoms with Gasteiger partial charge in [-0.05, 0) is 24.0 Å². The third kappa shape index (κ3) is 3.76. The number of hydrogen-bond donors (Lipinski definition) is 0. The molecule has 156 valence electrons. The lowest BCUT2D eigenvalue weighted by atomic mass is 10.0. The van der Waals surface area contributed by atoms with Crippen molar-refractivity contribution in [3.05, 3.63) is 71.3 Å². The van der Waals surface area contributed by atoms with E-state index in [0.717, 1.165) is 18.4 Å². The molecule has 4 rings (SSSR count). The maximum absolute atomic E-state index is 12.8. The van der Waals surface area contributed by atoms with Crippen molar-refractivity contribution < 1.29 is 19.1 Å². The molecule has 0 radical (unpaired) electrons. The van der Waals surface area contributed by atoms with Crippen molar-refractivity contribution in [2.24, 2.45) is 0 Å². The van der Waals surface area contributed by atoms with Crippen molar-refractivity contribution in [3.63, 3.8) is 0 Å². The Kier molecular flexibility index (Phi) is 5.95. The number of amides is 1. The highest BCUT2D eigenvalue weighted by atomic mass is 32.2. The van der Waals surface area contributed by atoms with Gasteiger partial charge in [-0.3, -0.25) is 9.59 Å². The number of thioether (sulfide) groups is 1. The summed E-state index contributed by atoms with van der Waals surface area (Å²) < 4.78 is 5.36. The molecular formula is C24H25NO4S. The third-order valence-electron chi connectivity index (χ3n) is 5.78. The zero-order chi connectivity index (χ0) is 21.1. The lowest BCUT2D eigenvalue weighted by Gasteiger charge is -2.33. The number of aryl methyl sites for hydroxylation is 1. The van der Waals surface area contributed by atoms with Crippen LogP contribution in [-0.4, -0.2) is 41.0 Å². The van der Waals surface area contributed by atoms with E-state index in [2.05, 4.69) is 6.92 Å². The van der Waals surface area contributed by atoms with E-state index in [1.165, 1.54) is 5.56 Å². The Bertz CT molecular complexity index is 943. The first-order chi connectivity index (χ1) is 14.5. The molecular weight excluding hydrogens is 398 g/mol. The van der Waals surface area contributed by atoms with Gasteiger partial charge in [0.15, 0.2) is 12.4 Å². The molecule has 6 heteroatoms. The quantitative estimate of drug-likeness (QED) is 0.498. The smallest absolute Gasteiger partial charge is 0.330 e. The van der Waals surface area contributed by atoms with Crippen LogP contribution in [0.4, 0.5) is 0 Å². The second-order valence-electron chi connectivity index (χ2n) is 7.72. The monoisotopic (exact) mass is 423 g/mol. The van der Waals surface area contributed by atoms with Crippen LogP contribution < -0.4 is 0 Å². The van der Waals surface area contributed by atoms with E-state index in [4.69, 9.17) is 4.74 Å². The van der Waals surface area contributed by atoms with Crippen molar-refractivity contribution >= 4 is 29.4 Å². The van der Waals surface area contributed by atoms with Crippen molar-refractivity contribution in [3.8, 4) is 0 Å². The summed E-state index contributed by atoms with van der Waals surface area (Å²) in [5, 5.41) is 0. The molecule has 0 aromatic heterocycles. The number of nitrogens with zero attached hydrogens (tertiary/aromatic N) is 1. The number of ketones is 1. The number of carbonyl (C=O) groups excluding carboxylic acids is 3. The van der Waals surface area contributed by atoms with E-state index in [1.54, 1.807) is 28.8 Å². The van der Waals surface area contributed by atoms with Gasteiger partial charge in [-0.15, -0.1) is 11.8 Å². The molecule has 2 aliphatic rings. The molecule has 0 saturated carbocycles. The normalized spacial score (nSPS) is 22.8. The standard InChI is InChI=1S/C24H25NO4S/c1-2-6-17-9-11-18(12-10-17)21(26)15-29-23(28)20-16-30-24(14-13-22(27)25(20)24)19-7-4-3-5-8-19/h3-5,7-12,20H,2,6,13-16H2,1H3/t20-,24-/m0/s1. The van der Waals surface area contributed by atoms with Gasteiger partial charge in [0.05, 0.1) is 0 Å². The van der Waals surface area contributed by atoms with Crippen LogP contribution in [0.15, 0.2) is 54.6 Å². The number of rotatable bonds is 7. The van der Waals surface area contributed by atoms with Crippen molar-refractivity contribution in [2.45, 2.75) is 43.5 Å². The Morgan fingerprint density at radius 3 is 2.57 bits per heavy atom. The Labute approximate surface area is 180 Å². The third-order valence-corrected chi connectivity index (χ3v) is 7.38. The van der Waals surface area contributed by atoms with Crippen molar-refractivity contribution in [1.29, 1.82) is 0 Å². The van der Waals surface area contributed by atoms with E-state index in [9.17, 15) is 14.4 Å². The fourth-order valence-electron chi connectivity index (χ4n) is 4.28. The molecule has 0 spiro atoms. The summed E-state index contributed by atoms with van der Waals surface area (Å²) in [6, 6.07) is 16.6. The largest absolute Gasteiger partial charge is 0.456 e. The van der Waals surface area contributed by atoms with Crippen LogP contribution in [0.3, 0.4) is 0 Å². The summed E-state index contributed by atoms with van der Waals surface area (Å²) in [7, 11) is 0. The predicted octanol–water partition coefficient (Wildman–Crippen LogP) is 3.96. The number of carbonyl (C=O) groups is 3. The van der Waals surface area contributed by atoms with Crippen LogP contribution in [0.5, 0.6) is 0 Å². The number of esters is 1. The van der Waals surface area contributed by atoms with Gasteiger partial charge in [-0.25, -0.2) is 4.79 Å². The number of Topliss-reactive ketones (excluding diaryl/α,β-unsaturated/α-hetero) is 1. The van der Waals surface area contributed by atoms with Crippen molar-refractivity contribution in [1.82, 2.24) is 4.90 Å². The minimum Gasteiger partial charge on any atom is -0.456 e. The van der Waals surface area contributed by atoms with Gasteiger partial charge in [0.1, 0.15) is 10.9 Å². The number of fused-ring (bicyclic) bond motifs is 1. The SMILES string of the molecule is CCCc1ccc(C(=O)COC(=O)[C@@H]2CS[C@]3(c4ccccc4)CCC(=O)N23)cc1. The Hall–Kier alpha value is -2.60. The maximum Gasteiger partial charge on any atom is 0.330 e. The van der Waals surface area contributed by atoms with Crippen LogP contribution in [0.25, 0.3) is 0 Å². The van der Waals surface area contributed by atoms with E-state index < -0.39 is 16.9 Å². The van der Waals surface area contributed by atoms with Gasteiger partial charge in [0.2, 0.25) is 5.91 Å². The second-order valence-corrected chi connectivity index (χ2v) is 9.02. The molecule has 2 fully saturated rings. The summed E-state index contributed by atoms with van der Waals surface area (Å²) in [5.41, 5.74) is 2.73. The molecule has 1 amide bonds. The van der Waals surface area contributed by atoms with E-state index in [-0.39, 0.29) is 18.3 Å². The van der Waals surface area contributed by atoms with Gasteiger partial charge in [-0.1, -0.05) is 67.9 Å². The highest BCUT2D eigenvalue weighted by Gasteiger charge is 2.57. The fraction of sp³-hybridized carbons (Fsp3) is 0.375. The van der Waals surface area contributed by atoms with E-state index in [0.29, 0.717) is 24.2 Å². The molecule has 2 aromatic rings. The molecule has 2 aliphatic heterocycles. The average molecular weight is 424 g/mol. The highest BCUT2D eigenvalue weighted by molar-refractivity contribution is 8.00. The molecule has 2 heterocycles. The molecule has 0 aliphatic carbocycles. The van der Waals surface area contributed by atoms with Gasteiger partial charge in [0.25, 0.3) is 0 Å². The number of ether oxygens (including phenoxy) is 1. The van der Waals surface area contributed by atoms with Gasteiger partial charge in [0, 0.05) is 17.7 Å². The van der Waals surface area contributed by atoms with Crippen LogP contribution in [0, 0.1) is 0 Å². The Morgan fingerprint density at radius 2 is 1.87 bits per heavy atom. The summed E-state index contributed by atoms with van der Waals surface area (Å²) in [6.45, 7) is 1.80. The summed E-state index contributed by atoms with van der Waals surface area (Å²) in [5.74, 6) is -0.311. The first-order valence-electron chi connectivity index (χ1n) is 10.4. The molecule has 30 heavy (non-hydrogen) atoms. The molecule has 0 N–H and O–H groups in total. The molecule has 0 unspecified atom stereocenters. The summed E-state index contributed by atoms with van der Waals surface area (Å²) in [4.78, 5) is 39.0. The van der Waals surface area contributed by atoms with Crippen molar-refractivity contribution in [2.75, 3.05) is 12.4 Å². The minimum atomic E-state index is -0.662. The molecule has 2 saturated heterocycles. The van der Waals surface area contributed by atoms with E-state index >= 15 is 0 Å². The lowest BCUT2D eigenvalue weighted by molar-refractivity contribution is -0.152. The summed E-state index contributed by atoms with van der Waals surface area (Å²) in [6.07, 6.45) is 3.10. The lowest BCUT2D eigenvalue weighted by Crippen LogP contribution is -2.47. The Morgan fingerprint density at radius 1 is 1.13 bits per heavy atom. The maximum atomic E-state index is 12.8. The predicted molar refractivity (Wildman–Crippen MR) is 116 cm³/mol. The van der Waals surface area contributed by atoms with Crippen LogP contribution in [0.1, 0.15) is 47.7 Å². The van der Waals surface area contributed by atoms with Gasteiger partial charge >= 0.3 is 5.97 Å². The second kappa shape index (κ2) is 8.64. The summed E-state index contributed by atoms with van der Waals surface area (Å²) >= 11 is 1.61. The first-order valence-corrected chi connectivity index (χ1v) is 11.3. The molecule has 5 nitrogen and oxygen atoms in total. The highest BCUT2D eigenvalue weighted by Crippen LogP contribution is 2.54. The fourth-order valence-corrected chi connectivity index (χ4v) is 5.91.